The van der Waals surface area contributed by atoms with E-state index in [-0.39, 0.29) is 11.7 Å². The summed E-state index contributed by atoms with van der Waals surface area (Å²) in [7, 11) is 0. The highest BCUT2D eigenvalue weighted by Gasteiger charge is 2.38. The second-order valence-electron chi connectivity index (χ2n) is 4.19. The molecular formula is C10H13N3O4S2. The Kier molecular flexibility index (Phi) is 4.38. The molecule has 104 valence electrons. The average molecular weight is 303 g/mol. The molecule has 2 heterocycles. The van der Waals surface area contributed by atoms with Gasteiger partial charge in [0.15, 0.2) is 4.34 Å². The molecule has 0 saturated carbocycles. The van der Waals surface area contributed by atoms with Crippen molar-refractivity contribution in [2.45, 2.75) is 29.7 Å². The number of hydrogen-bond acceptors (Lipinski definition) is 7. The van der Waals surface area contributed by atoms with E-state index >= 15 is 0 Å². The fourth-order valence-electron chi connectivity index (χ4n) is 1.63. The zero-order valence-electron chi connectivity index (χ0n) is 10.2. The topological polar surface area (TPSA) is 101 Å². The molecule has 9 heteroatoms. The third kappa shape index (κ3) is 3.64. The molecule has 0 aliphatic carbocycles. The van der Waals surface area contributed by atoms with Crippen molar-refractivity contribution in [1.29, 1.82) is 0 Å². The number of amides is 1. The molecule has 7 nitrogen and oxygen atoms in total. The summed E-state index contributed by atoms with van der Waals surface area (Å²) >= 11 is 2.22. The number of aromatic nitrogens is 2. The predicted octanol–water partition coefficient (Wildman–Crippen LogP) is 1.22. The van der Waals surface area contributed by atoms with Crippen molar-refractivity contribution in [2.24, 2.45) is 0 Å². The van der Waals surface area contributed by atoms with Gasteiger partial charge in [0, 0.05) is 6.61 Å². The zero-order chi connectivity index (χ0) is 13.9. The van der Waals surface area contributed by atoms with E-state index in [1.54, 1.807) is 6.92 Å². The van der Waals surface area contributed by atoms with Gasteiger partial charge in [-0.2, -0.15) is 0 Å². The number of ether oxygens (including phenoxy) is 1. The Hall–Kier alpha value is -1.19. The minimum Gasteiger partial charge on any atom is -0.481 e. The van der Waals surface area contributed by atoms with Crippen LogP contribution in [0.3, 0.4) is 0 Å². The number of carboxylic acid groups (broad SMARTS) is 1. The minimum atomic E-state index is -0.919. The van der Waals surface area contributed by atoms with Crippen LogP contribution in [0.5, 0.6) is 0 Å². The second kappa shape index (κ2) is 5.85. The maximum absolute atomic E-state index is 12.0. The summed E-state index contributed by atoms with van der Waals surface area (Å²) in [5.41, 5.74) is -0.806. The molecule has 2 rings (SSSR count). The molecule has 1 aromatic rings. The Morgan fingerprint density at radius 2 is 2.37 bits per heavy atom. The number of aliphatic carboxylic acids is 1. The van der Waals surface area contributed by atoms with Crippen molar-refractivity contribution >= 4 is 40.1 Å². The van der Waals surface area contributed by atoms with Crippen LogP contribution in [-0.4, -0.2) is 45.1 Å². The van der Waals surface area contributed by atoms with Crippen molar-refractivity contribution in [3.8, 4) is 0 Å². The van der Waals surface area contributed by atoms with Gasteiger partial charge in [0.2, 0.25) is 5.13 Å². The Morgan fingerprint density at radius 3 is 3.00 bits per heavy atom. The van der Waals surface area contributed by atoms with Gasteiger partial charge in [0.25, 0.3) is 5.91 Å². The van der Waals surface area contributed by atoms with E-state index < -0.39 is 11.6 Å². The normalized spacial score (nSPS) is 22.4. The Balaban J connectivity index is 1.92. The van der Waals surface area contributed by atoms with Gasteiger partial charge in [0.05, 0.1) is 5.75 Å². The fourth-order valence-corrected chi connectivity index (χ4v) is 3.10. The molecule has 1 aliphatic heterocycles. The lowest BCUT2D eigenvalue weighted by Gasteiger charge is -2.20. The van der Waals surface area contributed by atoms with Crippen LogP contribution in [0.1, 0.15) is 19.8 Å². The summed E-state index contributed by atoms with van der Waals surface area (Å²) in [6.07, 6.45) is 1.54. The minimum absolute atomic E-state index is 0.0800. The molecule has 2 N–H and O–H groups in total. The lowest BCUT2D eigenvalue weighted by molar-refractivity contribution is -0.134. The van der Waals surface area contributed by atoms with Crippen molar-refractivity contribution in [3.63, 3.8) is 0 Å². The van der Waals surface area contributed by atoms with Crippen LogP contribution in [0.15, 0.2) is 4.34 Å². The van der Waals surface area contributed by atoms with Crippen molar-refractivity contribution < 1.29 is 19.4 Å². The number of carbonyl (C=O) groups excluding carboxylic acids is 1. The molecule has 0 aromatic carbocycles. The SMILES string of the molecule is CC1(C(=O)Nc2nnc(SCC(=O)O)s2)CCCO1. The first kappa shape index (κ1) is 14.2. The van der Waals surface area contributed by atoms with Crippen molar-refractivity contribution in [1.82, 2.24) is 10.2 Å². The monoisotopic (exact) mass is 303 g/mol. The summed E-state index contributed by atoms with van der Waals surface area (Å²) in [6, 6.07) is 0. The highest BCUT2D eigenvalue weighted by Crippen LogP contribution is 2.29. The van der Waals surface area contributed by atoms with E-state index in [4.69, 9.17) is 9.84 Å². The molecule has 0 radical (unpaired) electrons. The van der Waals surface area contributed by atoms with E-state index in [9.17, 15) is 9.59 Å². The Labute approximate surface area is 117 Å². The van der Waals surface area contributed by atoms with Crippen molar-refractivity contribution in [2.75, 3.05) is 17.7 Å². The van der Waals surface area contributed by atoms with Crippen LogP contribution < -0.4 is 5.32 Å². The number of carbonyl (C=O) groups is 2. The van der Waals surface area contributed by atoms with Crippen LogP contribution in [0.25, 0.3) is 0 Å². The third-order valence-electron chi connectivity index (χ3n) is 2.65. The summed E-state index contributed by atoms with van der Waals surface area (Å²) < 4.78 is 5.93. The standard InChI is InChI=1S/C10H13N3O4S2/c1-10(3-2-4-17-10)7(16)11-8-12-13-9(19-8)18-5-6(14)15/h2-5H2,1H3,(H,14,15)(H,11,12,16). The Bertz CT molecular complexity index is 485. The van der Waals surface area contributed by atoms with Gasteiger partial charge in [-0.25, -0.2) is 0 Å². The number of anilines is 1. The van der Waals surface area contributed by atoms with Crippen LogP contribution in [0.2, 0.25) is 0 Å². The Morgan fingerprint density at radius 1 is 1.58 bits per heavy atom. The van der Waals surface area contributed by atoms with E-state index in [1.807, 2.05) is 0 Å². The summed E-state index contributed by atoms with van der Waals surface area (Å²) in [5.74, 6) is -1.24. The number of nitrogens with zero attached hydrogens (tertiary/aromatic N) is 2. The van der Waals surface area contributed by atoms with Crippen LogP contribution in [-0.2, 0) is 14.3 Å². The number of carboxylic acids is 1. The molecule has 1 atom stereocenters. The number of nitrogens with one attached hydrogen (secondary N) is 1. The molecule has 1 fully saturated rings. The van der Waals surface area contributed by atoms with Gasteiger partial charge in [-0.15, -0.1) is 10.2 Å². The lowest BCUT2D eigenvalue weighted by Crippen LogP contribution is -2.39. The van der Waals surface area contributed by atoms with Gasteiger partial charge in [0.1, 0.15) is 5.60 Å². The van der Waals surface area contributed by atoms with Gasteiger partial charge in [-0.05, 0) is 19.8 Å². The van der Waals surface area contributed by atoms with Crippen LogP contribution in [0.4, 0.5) is 5.13 Å². The van der Waals surface area contributed by atoms with Gasteiger partial charge >= 0.3 is 5.97 Å². The largest absolute Gasteiger partial charge is 0.481 e. The zero-order valence-corrected chi connectivity index (χ0v) is 11.8. The molecule has 1 aromatic heterocycles. The van der Waals surface area contributed by atoms with Gasteiger partial charge in [-0.1, -0.05) is 23.1 Å². The van der Waals surface area contributed by atoms with E-state index in [2.05, 4.69) is 15.5 Å². The first-order chi connectivity index (χ1) is 8.99. The number of rotatable bonds is 5. The summed E-state index contributed by atoms with van der Waals surface area (Å²) in [5, 5.41) is 19.2. The first-order valence-electron chi connectivity index (χ1n) is 5.63. The molecule has 1 unspecified atom stereocenters. The number of hydrogen-bond donors (Lipinski definition) is 2. The van der Waals surface area contributed by atoms with Gasteiger partial charge < -0.3 is 9.84 Å². The lowest BCUT2D eigenvalue weighted by atomic mass is 10.0. The van der Waals surface area contributed by atoms with Crippen molar-refractivity contribution in [3.05, 3.63) is 0 Å². The third-order valence-corrected chi connectivity index (χ3v) is 4.60. The highest BCUT2D eigenvalue weighted by molar-refractivity contribution is 8.01. The summed E-state index contributed by atoms with van der Waals surface area (Å²) in [6.45, 7) is 2.33. The molecule has 1 amide bonds. The maximum atomic E-state index is 12.0. The van der Waals surface area contributed by atoms with Gasteiger partial charge in [-0.3, -0.25) is 14.9 Å². The van der Waals surface area contributed by atoms with E-state index in [1.165, 1.54) is 0 Å². The smallest absolute Gasteiger partial charge is 0.313 e. The molecule has 19 heavy (non-hydrogen) atoms. The highest BCUT2D eigenvalue weighted by atomic mass is 32.2. The first-order valence-corrected chi connectivity index (χ1v) is 7.43. The average Bonchev–Trinajstić information content (AvgIpc) is 2.97. The van der Waals surface area contributed by atoms with Crippen LogP contribution in [0, 0.1) is 0 Å². The second-order valence-corrected chi connectivity index (χ2v) is 6.39. The van der Waals surface area contributed by atoms with E-state index in [0.717, 1.165) is 29.5 Å². The molecule has 0 bridgehead atoms. The van der Waals surface area contributed by atoms with Crippen LogP contribution >= 0.6 is 23.1 Å². The molecule has 1 saturated heterocycles. The quantitative estimate of drug-likeness (QED) is 0.623. The maximum Gasteiger partial charge on any atom is 0.313 e. The molecular weight excluding hydrogens is 290 g/mol. The van der Waals surface area contributed by atoms with E-state index in [0.29, 0.717) is 22.5 Å². The fraction of sp³-hybridized carbons (Fsp3) is 0.600. The number of thioether (sulfide) groups is 1. The summed E-state index contributed by atoms with van der Waals surface area (Å²) in [4.78, 5) is 22.4. The predicted molar refractivity (Wildman–Crippen MR) is 70.5 cm³/mol. The molecule has 0 spiro atoms. The molecule has 1 aliphatic rings.